The fourth-order valence-corrected chi connectivity index (χ4v) is 12.7. The number of esters is 1. The van der Waals surface area contributed by atoms with Gasteiger partial charge in [-0.15, -0.1) is 11.8 Å². The number of carboxylic acid groups (broad SMARTS) is 1. The molecular weight excluding hydrogens is 1180 g/mol. The van der Waals surface area contributed by atoms with Crippen LogP contribution in [0.5, 0.6) is 17.2 Å². The number of carbonyl (C=O) groups excluding carboxylic acids is 8. The van der Waals surface area contributed by atoms with E-state index in [2.05, 4.69) is 20.0 Å². The van der Waals surface area contributed by atoms with Gasteiger partial charge in [-0.3, -0.25) is 38.6 Å². The molecule has 0 spiro atoms. The first-order valence-corrected chi connectivity index (χ1v) is 27.4. The van der Waals surface area contributed by atoms with Crippen LogP contribution in [0.15, 0.2) is 105 Å². The number of allylic oxidation sites excluding steroid dienone is 3. The largest absolute Gasteiger partial charge is 0.508 e. The Kier molecular flexibility index (Phi) is 18.0. The molecule has 7 aliphatic rings. The van der Waals surface area contributed by atoms with E-state index in [1.165, 1.54) is 81.4 Å². The number of halogens is 1. The Hall–Kier alpha value is -9.00. The van der Waals surface area contributed by atoms with Gasteiger partial charge in [0.2, 0.25) is 11.5 Å². The highest BCUT2D eigenvalue weighted by Gasteiger charge is 2.66. The van der Waals surface area contributed by atoms with Gasteiger partial charge in [-0.25, -0.2) is 14.4 Å². The maximum Gasteiger partial charge on any atom is 0.404 e. The lowest BCUT2D eigenvalue weighted by Gasteiger charge is -2.53. The summed E-state index contributed by atoms with van der Waals surface area (Å²) in [6, 6.07) is 6.05. The number of rotatable bonds is 9. The number of thioether (sulfide) groups is 1. The molecule has 2 saturated heterocycles. The number of likely N-dealkylation sites (N-methyl/N-ethyl adjacent to an activating group) is 1. The molecule has 30 heteroatoms. The minimum atomic E-state index is -2.75. The Morgan fingerprint density at radius 3 is 2.30 bits per heavy atom. The molecule has 10 atom stereocenters. The van der Waals surface area contributed by atoms with E-state index in [9.17, 15) is 84.0 Å². The molecule has 456 valence electrons. The van der Waals surface area contributed by atoms with Gasteiger partial charge in [0.1, 0.15) is 82.9 Å². The number of nitrogens with two attached hydrogens (primary N) is 2. The SMILES string of the molecule is CC1CC2OC2/C=C\C=C\C(=O)Cc2c(Cl)c(O)cc(O)c2C(=O)O1.CN(C)[C@@H]1C(=O)C(C(N)=O)=C(O)[C@@]2(O)C(=O)C3=C(O)c4c(O)cccc4[C@@](C)(O)[C@H]3C[C@@H]12.CO/N=C(\C(=O)N[C@@H]1C(=O)N2C(C(=O)O)=C(COC(N)=O)CS[C@H]12)c1ccco1. The molecule has 4 aliphatic heterocycles. The van der Waals surface area contributed by atoms with E-state index in [1.807, 2.05) is 6.08 Å². The first-order valence-electron chi connectivity index (χ1n) is 25.9. The van der Waals surface area contributed by atoms with Crippen molar-refractivity contribution in [1.82, 2.24) is 15.1 Å². The number of furan rings is 1. The zero-order chi connectivity index (χ0) is 63.2. The molecule has 4 amide bonds. The number of fused-ring (bicyclic) bond motifs is 6. The zero-order valence-electron chi connectivity index (χ0n) is 46.1. The molecule has 10 rings (SSSR count). The summed E-state index contributed by atoms with van der Waals surface area (Å²) >= 11 is 7.26. The number of aromatic hydroxyl groups is 3. The van der Waals surface area contributed by atoms with E-state index in [4.69, 9.17) is 37.0 Å². The van der Waals surface area contributed by atoms with Crippen LogP contribution in [0.25, 0.3) is 5.76 Å². The van der Waals surface area contributed by atoms with E-state index in [-0.39, 0.29) is 93.2 Å². The normalized spacial score (nSPS) is 28.4. The maximum absolute atomic E-state index is 13.7. The van der Waals surface area contributed by atoms with Crippen molar-refractivity contribution in [2.75, 3.05) is 33.6 Å². The number of ether oxygens (including phenoxy) is 3. The quantitative estimate of drug-likeness (QED) is 0.0363. The Balaban J connectivity index is 0.000000169. The number of hydrogen-bond acceptors (Lipinski definition) is 24. The van der Waals surface area contributed by atoms with Crippen molar-refractivity contribution >= 4 is 87.9 Å². The summed E-state index contributed by atoms with van der Waals surface area (Å²) in [6.45, 7) is 2.77. The lowest BCUT2D eigenvalue weighted by Crippen LogP contribution is -2.71. The van der Waals surface area contributed by atoms with Gasteiger partial charge >= 0.3 is 18.0 Å². The molecule has 1 aromatic heterocycles. The third kappa shape index (κ3) is 11.6. The van der Waals surface area contributed by atoms with E-state index in [0.717, 1.165) is 11.0 Å². The Morgan fingerprint density at radius 2 is 1.67 bits per heavy atom. The van der Waals surface area contributed by atoms with Crippen LogP contribution in [0.4, 0.5) is 4.79 Å². The number of β-lactam (4-membered cyclic amide) rings is 1. The van der Waals surface area contributed by atoms with E-state index in [0.29, 0.717) is 6.42 Å². The number of nitrogens with one attached hydrogen (secondary N) is 1. The number of aliphatic hydroxyl groups excluding tert-OH is 2. The van der Waals surface area contributed by atoms with Crippen LogP contribution in [-0.2, 0) is 64.6 Å². The lowest BCUT2D eigenvalue weighted by molar-refractivity contribution is -0.159. The number of primary amides is 2. The van der Waals surface area contributed by atoms with Gasteiger partial charge in [-0.2, -0.15) is 0 Å². The number of amides is 4. The van der Waals surface area contributed by atoms with Crippen LogP contribution >= 0.6 is 23.4 Å². The van der Waals surface area contributed by atoms with Crippen molar-refractivity contribution in [3.8, 4) is 17.2 Å². The number of oxime groups is 1. The number of phenols is 3. The predicted molar refractivity (Wildman–Crippen MR) is 298 cm³/mol. The van der Waals surface area contributed by atoms with Gasteiger partial charge in [0.15, 0.2) is 22.9 Å². The van der Waals surface area contributed by atoms with Crippen LogP contribution in [0.1, 0.15) is 59.5 Å². The second-order valence-electron chi connectivity index (χ2n) is 20.8. The van der Waals surface area contributed by atoms with Gasteiger partial charge in [0.05, 0.1) is 34.6 Å². The number of aliphatic carboxylic acids is 1. The minimum Gasteiger partial charge on any atom is -0.508 e. The summed E-state index contributed by atoms with van der Waals surface area (Å²) in [4.78, 5) is 118. The van der Waals surface area contributed by atoms with Crippen molar-refractivity contribution in [3.63, 3.8) is 0 Å². The first-order chi connectivity index (χ1) is 40.5. The van der Waals surface area contributed by atoms with Gasteiger partial charge in [0.25, 0.3) is 17.7 Å². The molecule has 0 bridgehead atoms. The van der Waals surface area contributed by atoms with Crippen molar-refractivity contribution in [1.29, 1.82) is 0 Å². The van der Waals surface area contributed by atoms with Crippen LogP contribution in [0.2, 0.25) is 5.02 Å². The van der Waals surface area contributed by atoms with E-state index < -0.39 is 134 Å². The van der Waals surface area contributed by atoms with Gasteiger partial charge in [0, 0.05) is 53.2 Å². The average Bonchev–Trinajstić information content (AvgIpc) is 0.841. The lowest BCUT2D eigenvalue weighted by atomic mass is 9.54. The molecule has 2 aromatic carbocycles. The summed E-state index contributed by atoms with van der Waals surface area (Å²) in [6.07, 6.45) is 6.22. The third-order valence-corrected chi connectivity index (χ3v) is 16.9. The Bertz CT molecular complexity index is 3570. The van der Waals surface area contributed by atoms with Gasteiger partial charge in [-0.05, 0) is 64.2 Å². The number of hydrogen-bond donors (Lipinski definition) is 11. The zero-order valence-corrected chi connectivity index (χ0v) is 47.7. The highest BCUT2D eigenvalue weighted by molar-refractivity contribution is 8.00. The summed E-state index contributed by atoms with van der Waals surface area (Å²) < 4.78 is 20.6. The Morgan fingerprint density at radius 1 is 0.965 bits per heavy atom. The molecule has 5 heterocycles. The number of carboxylic acids is 1. The van der Waals surface area contributed by atoms with E-state index in [1.54, 1.807) is 25.1 Å². The molecule has 0 radical (unpaired) electrons. The van der Waals surface area contributed by atoms with Crippen molar-refractivity contribution in [2.45, 2.75) is 80.1 Å². The van der Waals surface area contributed by atoms with Crippen LogP contribution < -0.4 is 16.8 Å². The molecular formula is C56H57ClN6O22S. The second-order valence-corrected chi connectivity index (χ2v) is 22.3. The average molecular weight is 1230 g/mol. The summed E-state index contributed by atoms with van der Waals surface area (Å²) in [5.41, 5.74) is 3.95. The third-order valence-electron chi connectivity index (χ3n) is 15.2. The molecule has 13 N–H and O–H groups in total. The predicted octanol–water partition coefficient (Wildman–Crippen LogP) is 1.78. The minimum absolute atomic E-state index is 0.0348. The number of ketones is 3. The van der Waals surface area contributed by atoms with Gasteiger partial charge < -0.3 is 81.1 Å². The number of aliphatic hydroxyl groups is 4. The summed E-state index contributed by atoms with van der Waals surface area (Å²) in [5, 5.41) is 89.6. The topological polar surface area (TPSA) is 452 Å². The van der Waals surface area contributed by atoms with Crippen molar-refractivity contribution in [3.05, 3.63) is 128 Å². The van der Waals surface area contributed by atoms with Crippen molar-refractivity contribution < 1.29 is 107 Å². The standard InChI is InChI=1S/C22H24N2O8.C18H17ClO6.C16H16N4O8S/c1-21(31)8-5-4-6-11(25)12(8)16(26)13-9(21)7-10-15(24(2)3)17(27)14(20(23)30)19(29)22(10,32)18(13)28;1-9-6-15-14(25-15)5-3-2-4-10(20)7-11-16(18(23)24-9)12(21)8-13(22)17(11)19;1-26-19-9(8-3-2-4-27-8)12(21)18-10-13(22)20-11(15(23)24)7(5-28-16(17)25)6-29-14(10)20/h4-6,9-10,15,25-26,29,31-32H,7H2,1-3H3,(H2,23,30);2-5,8-9,14-15,21-22H,6-7H2,1H3;2-4,10,14H,5-6H2,1H3,(H2,17,25)(H,18,21)(H,23,24)/b;4-2+,5-3-;19-9-/t9-,10-,15-,21+,22-;;10-,14-/m0.1/s1. The number of carbonyl (C=O) groups is 9. The number of epoxide rings is 1. The van der Waals surface area contributed by atoms with Gasteiger partial charge in [-0.1, -0.05) is 47.1 Å². The fraction of sp³-hybridized carbons (Fsp3) is 0.357. The Labute approximate surface area is 496 Å². The van der Waals surface area contributed by atoms with Crippen LogP contribution in [0.3, 0.4) is 0 Å². The fourth-order valence-electron chi connectivity index (χ4n) is 11.1. The number of benzene rings is 2. The smallest absolute Gasteiger partial charge is 0.404 e. The number of Topliss-reactive ketones (excluding diaryl/α,β-unsaturated/α-hetero) is 2. The molecule has 86 heavy (non-hydrogen) atoms. The molecule has 3 aliphatic carbocycles. The van der Waals surface area contributed by atoms with Crippen molar-refractivity contribution in [2.24, 2.45) is 28.5 Å². The molecule has 3 fully saturated rings. The second kappa shape index (κ2) is 24.5. The van der Waals surface area contributed by atoms with Crippen LogP contribution in [0, 0.1) is 11.8 Å². The molecule has 28 nitrogen and oxygen atoms in total. The molecule has 3 unspecified atom stereocenters. The van der Waals surface area contributed by atoms with Crippen LogP contribution in [-0.4, -0.2) is 184 Å². The summed E-state index contributed by atoms with van der Waals surface area (Å²) in [5.74, 6) is -12.3. The first kappa shape index (κ1) is 63.0. The molecule has 1 saturated carbocycles. The highest BCUT2D eigenvalue weighted by Crippen LogP contribution is 2.57. The summed E-state index contributed by atoms with van der Waals surface area (Å²) in [7, 11) is 4.26. The number of nitrogens with zero attached hydrogens (tertiary/aromatic N) is 3. The number of phenolic OH excluding ortho intramolecular Hbond substituents is 3. The maximum atomic E-state index is 13.7. The van der Waals surface area contributed by atoms with E-state index >= 15 is 0 Å². The monoisotopic (exact) mass is 1230 g/mol. The number of cyclic esters (lactones) is 1. The molecule has 3 aromatic rings. The highest BCUT2D eigenvalue weighted by atomic mass is 35.5.